The van der Waals surface area contributed by atoms with Crippen LogP contribution >= 0.6 is 0 Å². The number of nitrogens with zero attached hydrogens (tertiary/aromatic N) is 1. The van der Waals surface area contributed by atoms with Crippen LogP contribution in [0, 0.1) is 0 Å². The molecule has 32 heavy (non-hydrogen) atoms. The molecule has 10 nitrogen and oxygen atoms in total. The van der Waals surface area contributed by atoms with Crippen LogP contribution in [-0.2, 0) is 14.8 Å². The van der Waals surface area contributed by atoms with Crippen molar-refractivity contribution < 1.29 is 36.9 Å². The Morgan fingerprint density at radius 3 is 2.06 bits per heavy atom. The maximum atomic E-state index is 13.2. The number of methoxy groups -OCH3 is 4. The summed E-state index contributed by atoms with van der Waals surface area (Å²) < 4.78 is 54.0. The van der Waals surface area contributed by atoms with Gasteiger partial charge in [0.25, 0.3) is 5.91 Å². The molecule has 0 spiro atoms. The van der Waals surface area contributed by atoms with E-state index in [2.05, 4.69) is 5.32 Å². The molecule has 11 heteroatoms. The monoisotopic (exact) mass is 466 g/mol. The van der Waals surface area contributed by atoms with Crippen LogP contribution in [0.4, 0.5) is 5.69 Å². The fourth-order valence-corrected chi connectivity index (χ4v) is 4.88. The molecule has 0 radical (unpaired) electrons. The van der Waals surface area contributed by atoms with Gasteiger partial charge in [-0.1, -0.05) is 0 Å². The molecule has 0 atom stereocenters. The number of ether oxygens (including phenoxy) is 5. The van der Waals surface area contributed by atoms with Gasteiger partial charge in [0.2, 0.25) is 10.0 Å². The lowest BCUT2D eigenvalue weighted by Gasteiger charge is -2.26. The summed E-state index contributed by atoms with van der Waals surface area (Å²) in [6.45, 7) is 1.12. The summed E-state index contributed by atoms with van der Waals surface area (Å²) in [7, 11) is 1.91. The van der Waals surface area contributed by atoms with Crippen molar-refractivity contribution >= 4 is 21.6 Å². The minimum absolute atomic E-state index is 0.0426. The van der Waals surface area contributed by atoms with Gasteiger partial charge in [0.05, 0.1) is 47.2 Å². The van der Waals surface area contributed by atoms with Crippen molar-refractivity contribution in [3.63, 3.8) is 0 Å². The summed E-state index contributed by atoms with van der Waals surface area (Å²) in [5.41, 5.74) is 0.470. The lowest BCUT2D eigenvalue weighted by molar-refractivity contribution is 0.0729. The number of sulfonamides is 1. The second-order valence-corrected chi connectivity index (χ2v) is 8.65. The van der Waals surface area contributed by atoms with Crippen molar-refractivity contribution in [2.24, 2.45) is 0 Å². The number of hydrogen-bond acceptors (Lipinski definition) is 8. The molecule has 174 valence electrons. The van der Waals surface area contributed by atoms with E-state index < -0.39 is 15.9 Å². The van der Waals surface area contributed by atoms with E-state index in [1.807, 2.05) is 0 Å². The molecule has 1 aliphatic rings. The molecule has 1 heterocycles. The van der Waals surface area contributed by atoms with Crippen molar-refractivity contribution in [2.75, 3.05) is 60.1 Å². The van der Waals surface area contributed by atoms with Crippen LogP contribution < -0.4 is 24.3 Å². The molecule has 1 amide bonds. The molecule has 1 fully saturated rings. The van der Waals surface area contributed by atoms with Gasteiger partial charge in [0, 0.05) is 30.9 Å². The van der Waals surface area contributed by atoms with E-state index >= 15 is 0 Å². The predicted molar refractivity (Wildman–Crippen MR) is 117 cm³/mol. The largest absolute Gasteiger partial charge is 0.496 e. The first kappa shape index (κ1) is 23.6. The zero-order chi connectivity index (χ0) is 23.3. The second-order valence-electron chi connectivity index (χ2n) is 6.74. The number of carbonyl (C=O) groups excluding carboxylic acids is 1. The van der Waals surface area contributed by atoms with Crippen LogP contribution in [0.1, 0.15) is 10.4 Å². The zero-order valence-electron chi connectivity index (χ0n) is 18.3. The first-order chi connectivity index (χ1) is 15.3. The summed E-state index contributed by atoms with van der Waals surface area (Å²) >= 11 is 0. The minimum Gasteiger partial charge on any atom is -0.496 e. The summed E-state index contributed by atoms with van der Waals surface area (Å²) in [6, 6.07) is 7.45. The van der Waals surface area contributed by atoms with Gasteiger partial charge in [0.15, 0.2) is 11.5 Å². The van der Waals surface area contributed by atoms with Crippen LogP contribution in [0.3, 0.4) is 0 Å². The molecule has 3 rings (SSSR count). The van der Waals surface area contributed by atoms with Gasteiger partial charge < -0.3 is 29.0 Å². The molecular formula is C21H26N2O8S. The van der Waals surface area contributed by atoms with Gasteiger partial charge in [-0.2, -0.15) is 4.31 Å². The number of benzene rings is 2. The minimum atomic E-state index is -3.84. The average Bonchev–Trinajstić information content (AvgIpc) is 2.83. The predicted octanol–water partition coefficient (Wildman–Crippen LogP) is 1.99. The Kier molecular flexibility index (Phi) is 7.44. The third-order valence-corrected chi connectivity index (χ3v) is 6.88. The Bertz CT molecular complexity index is 1080. The lowest BCUT2D eigenvalue weighted by atomic mass is 10.1. The fraction of sp³-hybridized carbons (Fsp3) is 0.381. The number of rotatable bonds is 8. The first-order valence-corrected chi connectivity index (χ1v) is 11.2. The smallest absolute Gasteiger partial charge is 0.259 e. The highest BCUT2D eigenvalue weighted by Gasteiger charge is 2.30. The van der Waals surface area contributed by atoms with E-state index in [0.717, 1.165) is 0 Å². The average molecular weight is 467 g/mol. The number of hydrogen-bond donors (Lipinski definition) is 1. The van der Waals surface area contributed by atoms with Gasteiger partial charge in [-0.3, -0.25) is 4.79 Å². The third kappa shape index (κ3) is 4.74. The van der Waals surface area contributed by atoms with Crippen molar-refractivity contribution in [1.29, 1.82) is 0 Å². The highest BCUT2D eigenvalue weighted by atomic mass is 32.2. The molecule has 2 aromatic rings. The normalized spacial score (nSPS) is 14.5. The SMILES string of the molecule is COc1cc(OC)c(C(=O)Nc2ccc(OC)c(S(=O)(=O)N3CCOCC3)c2)cc1OC. The van der Waals surface area contributed by atoms with Crippen LogP contribution in [0.25, 0.3) is 0 Å². The zero-order valence-corrected chi connectivity index (χ0v) is 19.2. The third-order valence-electron chi connectivity index (χ3n) is 4.96. The van der Waals surface area contributed by atoms with Crippen LogP contribution in [0.15, 0.2) is 35.2 Å². The highest BCUT2D eigenvalue weighted by molar-refractivity contribution is 7.89. The number of morpholine rings is 1. The van der Waals surface area contributed by atoms with Gasteiger partial charge in [-0.25, -0.2) is 8.42 Å². The molecule has 0 saturated carbocycles. The Hall–Kier alpha value is -3.02. The van der Waals surface area contributed by atoms with Crippen LogP contribution in [-0.4, -0.2) is 73.4 Å². The van der Waals surface area contributed by atoms with E-state index in [1.165, 1.54) is 57.0 Å². The topological polar surface area (TPSA) is 113 Å². The molecule has 0 bridgehead atoms. The van der Waals surface area contributed by atoms with Crippen molar-refractivity contribution in [2.45, 2.75) is 4.90 Å². The van der Waals surface area contributed by atoms with E-state index in [4.69, 9.17) is 23.7 Å². The summed E-state index contributed by atoms with van der Waals surface area (Å²) in [6.07, 6.45) is 0. The Balaban J connectivity index is 1.95. The number of nitrogens with one attached hydrogen (secondary N) is 1. The van der Waals surface area contributed by atoms with Gasteiger partial charge in [-0.05, 0) is 18.2 Å². The van der Waals surface area contributed by atoms with E-state index in [1.54, 1.807) is 6.07 Å². The lowest BCUT2D eigenvalue weighted by Crippen LogP contribution is -2.40. The molecule has 0 unspecified atom stereocenters. The molecule has 2 aromatic carbocycles. The van der Waals surface area contributed by atoms with Crippen LogP contribution in [0.5, 0.6) is 23.0 Å². The molecule has 1 saturated heterocycles. The van der Waals surface area contributed by atoms with E-state index in [-0.39, 0.29) is 40.7 Å². The van der Waals surface area contributed by atoms with Crippen molar-refractivity contribution in [1.82, 2.24) is 4.31 Å². The maximum absolute atomic E-state index is 13.2. The van der Waals surface area contributed by atoms with Crippen molar-refractivity contribution in [3.8, 4) is 23.0 Å². The standard InChI is InChI=1S/C21H26N2O8S/c1-27-16-6-5-14(11-20(16)32(25,26)23-7-9-31-10-8-23)22-21(24)15-12-18(29-3)19(30-4)13-17(15)28-2/h5-6,11-13H,7-10H2,1-4H3,(H,22,24). The molecular weight excluding hydrogens is 440 g/mol. The number of carbonyl (C=O) groups is 1. The molecule has 1 N–H and O–H groups in total. The molecule has 0 aliphatic carbocycles. The fourth-order valence-electron chi connectivity index (χ4n) is 3.29. The number of anilines is 1. The first-order valence-electron chi connectivity index (χ1n) is 9.73. The molecule has 0 aromatic heterocycles. The van der Waals surface area contributed by atoms with Gasteiger partial charge in [-0.15, -0.1) is 0 Å². The van der Waals surface area contributed by atoms with Gasteiger partial charge in [0.1, 0.15) is 16.4 Å². The maximum Gasteiger partial charge on any atom is 0.259 e. The summed E-state index contributed by atoms with van der Waals surface area (Å²) in [5, 5.41) is 2.71. The summed E-state index contributed by atoms with van der Waals surface area (Å²) in [4.78, 5) is 12.9. The Morgan fingerprint density at radius 2 is 1.47 bits per heavy atom. The quantitative estimate of drug-likeness (QED) is 0.629. The van der Waals surface area contributed by atoms with Crippen molar-refractivity contribution in [3.05, 3.63) is 35.9 Å². The molecule has 1 aliphatic heterocycles. The highest BCUT2D eigenvalue weighted by Crippen LogP contribution is 2.35. The summed E-state index contributed by atoms with van der Waals surface area (Å²) in [5.74, 6) is 0.698. The Morgan fingerprint density at radius 1 is 0.875 bits per heavy atom. The second kappa shape index (κ2) is 10.1. The Labute approximate surface area is 187 Å². The van der Waals surface area contributed by atoms with Crippen LogP contribution in [0.2, 0.25) is 0 Å². The van der Waals surface area contributed by atoms with E-state index in [0.29, 0.717) is 24.7 Å². The van der Waals surface area contributed by atoms with E-state index in [9.17, 15) is 13.2 Å². The number of amides is 1. The van der Waals surface area contributed by atoms with Gasteiger partial charge >= 0.3 is 0 Å².